The van der Waals surface area contributed by atoms with Crippen molar-refractivity contribution in [2.24, 2.45) is 0 Å². The number of piperazine rings is 1. The molecule has 3 aromatic rings. The van der Waals surface area contributed by atoms with Crippen LogP contribution in [-0.4, -0.2) is 64.9 Å². The third-order valence-corrected chi connectivity index (χ3v) is 7.29. The topological polar surface area (TPSA) is 56.6 Å². The van der Waals surface area contributed by atoms with Crippen molar-refractivity contribution >= 4 is 29.1 Å². The van der Waals surface area contributed by atoms with Crippen molar-refractivity contribution in [3.05, 3.63) is 70.1 Å². The fraction of sp³-hybridized carbons (Fsp3) is 0.429. The first-order valence-electron chi connectivity index (χ1n) is 12.9. The van der Waals surface area contributed by atoms with Crippen LogP contribution in [0.15, 0.2) is 42.5 Å². The van der Waals surface area contributed by atoms with Crippen LogP contribution >= 0.6 is 11.6 Å². The molecule has 1 fully saturated rings. The molecule has 9 heteroatoms. The number of urea groups is 1. The predicted octanol–water partition coefficient (Wildman–Crippen LogP) is 5.87. The van der Waals surface area contributed by atoms with Gasteiger partial charge < -0.3 is 20.0 Å². The number of benzene rings is 2. The molecule has 1 aliphatic rings. The number of hydrogen-bond acceptors (Lipinski definition) is 4. The molecule has 7 nitrogen and oxygen atoms in total. The quantitative estimate of drug-likeness (QED) is 0.399. The lowest BCUT2D eigenvalue weighted by molar-refractivity contribution is 0.209. The van der Waals surface area contributed by atoms with E-state index in [0.717, 1.165) is 61.8 Å². The summed E-state index contributed by atoms with van der Waals surface area (Å²) in [5, 5.41) is 8.44. The smallest absolute Gasteiger partial charge is 0.322 e. The Hall–Kier alpha value is -3.10. The second-order valence-electron chi connectivity index (χ2n) is 9.52. The van der Waals surface area contributed by atoms with Gasteiger partial charge in [-0.15, -0.1) is 0 Å². The molecule has 2 amide bonds. The van der Waals surface area contributed by atoms with Crippen molar-refractivity contribution in [1.82, 2.24) is 19.6 Å². The normalized spacial score (nSPS) is 14.2. The van der Waals surface area contributed by atoms with Gasteiger partial charge in [0.25, 0.3) is 0 Å². The maximum atomic E-state index is 14.2. The molecule has 2 heterocycles. The van der Waals surface area contributed by atoms with Crippen molar-refractivity contribution in [1.29, 1.82) is 0 Å². The summed E-state index contributed by atoms with van der Waals surface area (Å²) in [4.78, 5) is 19.9. The van der Waals surface area contributed by atoms with Crippen LogP contribution in [-0.2, 0) is 6.54 Å². The van der Waals surface area contributed by atoms with Gasteiger partial charge in [0, 0.05) is 49.0 Å². The van der Waals surface area contributed by atoms with Crippen LogP contribution < -0.4 is 10.2 Å². The molecule has 0 bridgehead atoms. The van der Waals surface area contributed by atoms with Gasteiger partial charge in [-0.25, -0.2) is 13.9 Å². The summed E-state index contributed by atoms with van der Waals surface area (Å²) in [5.41, 5.74) is 4.08. The van der Waals surface area contributed by atoms with Crippen molar-refractivity contribution in [3.8, 4) is 5.69 Å². The molecule has 0 radical (unpaired) electrons. The summed E-state index contributed by atoms with van der Waals surface area (Å²) < 4.78 is 16.0. The molecule has 198 valence electrons. The summed E-state index contributed by atoms with van der Waals surface area (Å²) in [6.07, 6.45) is 0.809. The highest BCUT2D eigenvalue weighted by Crippen LogP contribution is 2.30. The average molecular weight is 527 g/mol. The Balaban J connectivity index is 1.68. The molecule has 4 rings (SSSR count). The molecule has 0 spiro atoms. The largest absolute Gasteiger partial charge is 0.354 e. The number of nitrogens with one attached hydrogen (secondary N) is 1. The van der Waals surface area contributed by atoms with E-state index in [1.165, 1.54) is 12.1 Å². The Kier molecular flexibility index (Phi) is 8.71. The van der Waals surface area contributed by atoms with Crippen molar-refractivity contribution in [2.45, 2.75) is 40.7 Å². The van der Waals surface area contributed by atoms with Crippen LogP contribution in [0.1, 0.15) is 37.1 Å². The number of amides is 2. The molecule has 1 saturated heterocycles. The van der Waals surface area contributed by atoms with Gasteiger partial charge in [-0.1, -0.05) is 37.6 Å². The number of hydrogen-bond donors (Lipinski definition) is 1. The second-order valence-corrected chi connectivity index (χ2v) is 9.92. The van der Waals surface area contributed by atoms with Crippen LogP contribution in [0.4, 0.5) is 20.7 Å². The molecule has 37 heavy (non-hydrogen) atoms. The van der Waals surface area contributed by atoms with E-state index >= 15 is 0 Å². The lowest BCUT2D eigenvalue weighted by Gasteiger charge is -2.36. The van der Waals surface area contributed by atoms with Crippen molar-refractivity contribution in [2.75, 3.05) is 49.5 Å². The Morgan fingerprint density at radius 1 is 1.11 bits per heavy atom. The number of nitrogens with zero attached hydrogens (tertiary/aromatic N) is 5. The summed E-state index contributed by atoms with van der Waals surface area (Å²) in [5.74, 6) is 0.615. The van der Waals surface area contributed by atoms with Crippen molar-refractivity contribution < 1.29 is 9.18 Å². The second kappa shape index (κ2) is 12.0. The molecule has 0 atom stereocenters. The van der Waals surface area contributed by atoms with E-state index in [1.807, 2.05) is 36.7 Å². The highest BCUT2D eigenvalue weighted by Gasteiger charge is 2.27. The van der Waals surface area contributed by atoms with Crippen LogP contribution in [0.2, 0.25) is 5.02 Å². The van der Waals surface area contributed by atoms with Gasteiger partial charge in [0.2, 0.25) is 0 Å². The molecule has 0 unspecified atom stereocenters. The van der Waals surface area contributed by atoms with Gasteiger partial charge in [0.15, 0.2) is 0 Å². The first kappa shape index (κ1) is 26.9. The zero-order valence-electron chi connectivity index (χ0n) is 22.1. The fourth-order valence-corrected chi connectivity index (χ4v) is 4.89. The number of anilines is 2. The van der Waals surface area contributed by atoms with E-state index in [1.54, 1.807) is 17.0 Å². The lowest BCUT2D eigenvalue weighted by atomic mass is 10.2. The number of aryl methyl sites for hydroxylation is 2. The molecule has 1 N–H and O–H groups in total. The standard InChI is InChI=1S/C28H36ClFN6O/c1-5-12-35(28(37)31-23-11-10-20(3)26(29)18-23)19-25-21(4)32-36(24-9-7-8-22(30)17-24)27(25)34-15-13-33(6-2)14-16-34/h7-11,17-18H,5-6,12-16,19H2,1-4H3,(H,31,37). The van der Waals surface area contributed by atoms with Gasteiger partial charge in [-0.3, -0.25) is 0 Å². The Bertz CT molecular complexity index is 1240. The molecular weight excluding hydrogens is 491 g/mol. The first-order chi connectivity index (χ1) is 17.8. The zero-order valence-corrected chi connectivity index (χ0v) is 22.9. The zero-order chi connectivity index (χ0) is 26.5. The van der Waals surface area contributed by atoms with E-state index in [4.69, 9.17) is 16.7 Å². The minimum atomic E-state index is -0.308. The van der Waals surface area contributed by atoms with Gasteiger partial charge >= 0.3 is 6.03 Å². The maximum absolute atomic E-state index is 14.2. The average Bonchev–Trinajstić information content (AvgIpc) is 3.21. The van der Waals surface area contributed by atoms with E-state index in [2.05, 4.69) is 29.0 Å². The number of halogens is 2. The summed E-state index contributed by atoms with van der Waals surface area (Å²) in [6, 6.07) is 11.8. The van der Waals surface area contributed by atoms with E-state index < -0.39 is 0 Å². The van der Waals surface area contributed by atoms with Crippen LogP contribution in [0.5, 0.6) is 0 Å². The Morgan fingerprint density at radius 3 is 2.51 bits per heavy atom. The Morgan fingerprint density at radius 2 is 1.86 bits per heavy atom. The minimum Gasteiger partial charge on any atom is -0.354 e. The fourth-order valence-electron chi connectivity index (χ4n) is 4.71. The minimum absolute atomic E-state index is 0.193. The van der Waals surface area contributed by atoms with Crippen LogP contribution in [0.3, 0.4) is 0 Å². The van der Waals surface area contributed by atoms with E-state index in [0.29, 0.717) is 29.5 Å². The van der Waals surface area contributed by atoms with Crippen molar-refractivity contribution in [3.63, 3.8) is 0 Å². The van der Waals surface area contributed by atoms with Gasteiger partial charge in [-0.2, -0.15) is 5.10 Å². The molecular formula is C28H36ClFN6O. The maximum Gasteiger partial charge on any atom is 0.322 e. The summed E-state index contributed by atoms with van der Waals surface area (Å²) in [7, 11) is 0. The molecule has 0 aliphatic carbocycles. The Labute approximate surface area is 223 Å². The van der Waals surface area contributed by atoms with Gasteiger partial charge in [0.1, 0.15) is 11.6 Å². The summed E-state index contributed by atoms with van der Waals surface area (Å²) in [6.45, 7) is 13.7. The lowest BCUT2D eigenvalue weighted by Crippen LogP contribution is -2.47. The van der Waals surface area contributed by atoms with E-state index in [-0.39, 0.29) is 11.8 Å². The monoisotopic (exact) mass is 526 g/mol. The molecule has 1 aliphatic heterocycles. The number of likely N-dealkylation sites (N-methyl/N-ethyl adjacent to an activating group) is 1. The predicted molar refractivity (Wildman–Crippen MR) is 148 cm³/mol. The molecule has 1 aromatic heterocycles. The number of carbonyl (C=O) groups excluding carboxylic acids is 1. The third kappa shape index (κ3) is 6.25. The number of aromatic nitrogens is 2. The molecule has 0 saturated carbocycles. The highest BCUT2D eigenvalue weighted by atomic mass is 35.5. The van der Waals surface area contributed by atoms with Gasteiger partial charge in [0.05, 0.1) is 17.9 Å². The highest BCUT2D eigenvalue weighted by molar-refractivity contribution is 6.31. The summed E-state index contributed by atoms with van der Waals surface area (Å²) >= 11 is 6.28. The first-order valence-corrected chi connectivity index (χ1v) is 13.3. The third-order valence-electron chi connectivity index (χ3n) is 6.88. The van der Waals surface area contributed by atoms with Crippen LogP contribution in [0.25, 0.3) is 5.69 Å². The van der Waals surface area contributed by atoms with Gasteiger partial charge in [-0.05, 0) is 62.7 Å². The SMILES string of the molecule is CCCN(Cc1c(C)nn(-c2cccc(F)c2)c1N1CCN(CC)CC1)C(=O)Nc1ccc(C)c(Cl)c1. The van der Waals surface area contributed by atoms with Crippen LogP contribution in [0, 0.1) is 19.7 Å². The van der Waals surface area contributed by atoms with E-state index in [9.17, 15) is 9.18 Å². The molecule has 2 aromatic carbocycles. The number of carbonyl (C=O) groups is 1. The number of rotatable bonds is 8.